The minimum atomic E-state index is -0.528. The van der Waals surface area contributed by atoms with E-state index < -0.39 is 6.03 Å². The number of carbonyl (C=O) groups is 1. The van der Waals surface area contributed by atoms with Gasteiger partial charge in [-0.05, 0) is 56.6 Å². The Morgan fingerprint density at radius 3 is 2.38 bits per heavy atom. The summed E-state index contributed by atoms with van der Waals surface area (Å²) in [5, 5.41) is 7.14. The number of nitrogens with one attached hydrogen (secondary N) is 2. The van der Waals surface area contributed by atoms with Gasteiger partial charge in [0.1, 0.15) is 0 Å². The summed E-state index contributed by atoms with van der Waals surface area (Å²) < 4.78 is 0. The van der Waals surface area contributed by atoms with Crippen LogP contribution in [0.15, 0.2) is 24.3 Å². The molecule has 1 saturated carbocycles. The highest BCUT2D eigenvalue weighted by molar-refractivity contribution is 7.99. The van der Waals surface area contributed by atoms with Crippen LogP contribution in [0.4, 0.5) is 10.5 Å². The number of nitrogens with two attached hydrogens (primary N) is 1. The number of rotatable bonds is 5. The summed E-state index contributed by atoms with van der Waals surface area (Å²) in [6.07, 6.45) is 7.36. The van der Waals surface area contributed by atoms with E-state index in [9.17, 15) is 4.79 Å². The molecular formula is C16H25N3OS. The number of urea groups is 1. The summed E-state index contributed by atoms with van der Waals surface area (Å²) in [7, 11) is 0. The van der Waals surface area contributed by atoms with Gasteiger partial charge in [-0.1, -0.05) is 12.1 Å². The van der Waals surface area contributed by atoms with Crippen LogP contribution >= 0.6 is 11.8 Å². The molecule has 0 spiro atoms. The van der Waals surface area contributed by atoms with E-state index in [1.807, 2.05) is 36.0 Å². The van der Waals surface area contributed by atoms with Crippen LogP contribution < -0.4 is 16.4 Å². The first kappa shape index (κ1) is 16.2. The Morgan fingerprint density at radius 2 is 1.86 bits per heavy atom. The summed E-state index contributed by atoms with van der Waals surface area (Å²) in [5.74, 6) is 0. The monoisotopic (exact) mass is 307 g/mol. The molecule has 1 aliphatic rings. The van der Waals surface area contributed by atoms with Gasteiger partial charge in [-0.25, -0.2) is 4.79 Å². The molecule has 116 valence electrons. The maximum Gasteiger partial charge on any atom is 0.316 e. The molecule has 0 bridgehead atoms. The first-order valence-electron chi connectivity index (χ1n) is 7.53. The quantitative estimate of drug-likeness (QED) is 0.780. The molecule has 0 radical (unpaired) electrons. The van der Waals surface area contributed by atoms with Crippen LogP contribution in [-0.4, -0.2) is 23.6 Å². The molecule has 2 rings (SSSR count). The number of primary amides is 1. The molecule has 0 heterocycles. The fraction of sp³-hybridized carbons (Fsp3) is 0.562. The van der Waals surface area contributed by atoms with E-state index in [1.54, 1.807) is 0 Å². The number of carbonyl (C=O) groups excluding carboxylic acids is 1. The molecule has 2 amide bonds. The largest absolute Gasteiger partial charge is 0.351 e. The first-order chi connectivity index (χ1) is 10.1. The van der Waals surface area contributed by atoms with E-state index in [1.165, 1.54) is 31.2 Å². The molecule has 4 nitrogen and oxygen atoms in total. The van der Waals surface area contributed by atoms with Crippen LogP contribution in [0.1, 0.15) is 44.2 Å². The van der Waals surface area contributed by atoms with Gasteiger partial charge >= 0.3 is 6.03 Å². The molecule has 5 heteroatoms. The SMILES string of the molecule is CSC1CCC(NC(C)c2ccc(NC(N)=O)cc2)CC1. The molecule has 21 heavy (non-hydrogen) atoms. The highest BCUT2D eigenvalue weighted by Gasteiger charge is 2.21. The van der Waals surface area contributed by atoms with Gasteiger partial charge in [0.05, 0.1) is 0 Å². The van der Waals surface area contributed by atoms with Gasteiger partial charge in [-0.15, -0.1) is 0 Å². The lowest BCUT2D eigenvalue weighted by Gasteiger charge is -2.30. The van der Waals surface area contributed by atoms with Gasteiger partial charge in [0.15, 0.2) is 0 Å². The number of anilines is 1. The van der Waals surface area contributed by atoms with E-state index in [2.05, 4.69) is 23.8 Å². The van der Waals surface area contributed by atoms with Crippen LogP contribution in [0.25, 0.3) is 0 Å². The lowest BCUT2D eigenvalue weighted by molar-refractivity contribution is 0.259. The zero-order valence-corrected chi connectivity index (χ0v) is 13.6. The van der Waals surface area contributed by atoms with Crippen molar-refractivity contribution >= 4 is 23.5 Å². The number of hydrogen-bond acceptors (Lipinski definition) is 3. The van der Waals surface area contributed by atoms with E-state index in [-0.39, 0.29) is 0 Å². The van der Waals surface area contributed by atoms with Gasteiger partial charge in [0.25, 0.3) is 0 Å². The third-order valence-electron chi connectivity index (χ3n) is 4.17. The molecule has 0 aliphatic heterocycles. The summed E-state index contributed by atoms with van der Waals surface area (Å²) in [6, 6.07) is 8.27. The van der Waals surface area contributed by atoms with Gasteiger partial charge in [-0.3, -0.25) is 0 Å². The van der Waals surface area contributed by atoms with Crippen molar-refractivity contribution in [1.29, 1.82) is 0 Å². The van der Waals surface area contributed by atoms with Crippen LogP contribution in [0.5, 0.6) is 0 Å². The highest BCUT2D eigenvalue weighted by Crippen LogP contribution is 2.28. The molecule has 0 aromatic heterocycles. The third kappa shape index (κ3) is 4.93. The maximum atomic E-state index is 10.8. The Balaban J connectivity index is 1.85. The fourth-order valence-corrected chi connectivity index (χ4v) is 3.66. The predicted molar refractivity (Wildman–Crippen MR) is 90.8 cm³/mol. The molecule has 4 N–H and O–H groups in total. The zero-order chi connectivity index (χ0) is 15.2. The molecule has 1 aromatic carbocycles. The van der Waals surface area contributed by atoms with Gasteiger partial charge < -0.3 is 16.4 Å². The van der Waals surface area contributed by atoms with Crippen molar-refractivity contribution < 1.29 is 4.79 Å². The molecular weight excluding hydrogens is 282 g/mol. The van der Waals surface area contributed by atoms with Crippen LogP contribution in [0.3, 0.4) is 0 Å². The van der Waals surface area contributed by atoms with Crippen molar-refractivity contribution in [1.82, 2.24) is 5.32 Å². The van der Waals surface area contributed by atoms with Crippen molar-refractivity contribution in [3.8, 4) is 0 Å². The zero-order valence-electron chi connectivity index (χ0n) is 12.8. The van der Waals surface area contributed by atoms with Crippen molar-refractivity contribution in [2.75, 3.05) is 11.6 Å². The van der Waals surface area contributed by atoms with Crippen molar-refractivity contribution in [2.24, 2.45) is 5.73 Å². The number of amides is 2. The van der Waals surface area contributed by atoms with Crippen molar-refractivity contribution in [2.45, 2.75) is 49.9 Å². The molecule has 0 saturated heterocycles. The Bertz CT molecular complexity index is 455. The molecule has 1 aromatic rings. The second-order valence-electron chi connectivity index (χ2n) is 5.71. The van der Waals surface area contributed by atoms with Gasteiger partial charge in [0, 0.05) is 23.0 Å². The maximum absolute atomic E-state index is 10.8. The number of benzene rings is 1. The summed E-state index contributed by atoms with van der Waals surface area (Å²) in [5.41, 5.74) is 7.07. The molecule has 1 unspecified atom stereocenters. The third-order valence-corrected chi connectivity index (χ3v) is 5.31. The fourth-order valence-electron chi connectivity index (χ4n) is 2.91. The Labute approximate surface area is 131 Å². The lowest BCUT2D eigenvalue weighted by atomic mass is 9.93. The minimum Gasteiger partial charge on any atom is -0.351 e. The summed E-state index contributed by atoms with van der Waals surface area (Å²) in [6.45, 7) is 2.19. The van der Waals surface area contributed by atoms with E-state index in [4.69, 9.17) is 5.73 Å². The molecule has 1 fully saturated rings. The molecule has 1 aliphatic carbocycles. The van der Waals surface area contributed by atoms with E-state index >= 15 is 0 Å². The predicted octanol–water partition coefficient (Wildman–Crippen LogP) is 3.50. The van der Waals surface area contributed by atoms with E-state index in [0.29, 0.717) is 12.1 Å². The van der Waals surface area contributed by atoms with Gasteiger partial charge in [0.2, 0.25) is 0 Å². The minimum absolute atomic E-state index is 0.323. The van der Waals surface area contributed by atoms with Crippen LogP contribution in [-0.2, 0) is 0 Å². The molecule has 1 atom stereocenters. The second kappa shape index (κ2) is 7.71. The second-order valence-corrected chi connectivity index (χ2v) is 6.85. The average Bonchev–Trinajstić information content (AvgIpc) is 2.48. The average molecular weight is 307 g/mol. The van der Waals surface area contributed by atoms with Crippen molar-refractivity contribution in [3.05, 3.63) is 29.8 Å². The van der Waals surface area contributed by atoms with E-state index in [0.717, 1.165) is 10.9 Å². The smallest absolute Gasteiger partial charge is 0.316 e. The highest BCUT2D eigenvalue weighted by atomic mass is 32.2. The lowest BCUT2D eigenvalue weighted by Crippen LogP contribution is -2.35. The van der Waals surface area contributed by atoms with Crippen LogP contribution in [0, 0.1) is 0 Å². The Hall–Kier alpha value is -1.20. The number of hydrogen-bond donors (Lipinski definition) is 3. The normalized spacial score (nSPS) is 23.5. The van der Waals surface area contributed by atoms with Crippen LogP contribution in [0.2, 0.25) is 0 Å². The summed E-state index contributed by atoms with van der Waals surface area (Å²) >= 11 is 2.00. The van der Waals surface area contributed by atoms with Gasteiger partial charge in [-0.2, -0.15) is 11.8 Å². The summed E-state index contributed by atoms with van der Waals surface area (Å²) in [4.78, 5) is 10.8. The Morgan fingerprint density at radius 1 is 1.24 bits per heavy atom. The van der Waals surface area contributed by atoms with Crippen molar-refractivity contribution in [3.63, 3.8) is 0 Å². The number of thioether (sulfide) groups is 1. The standard InChI is InChI=1S/C16H25N3OS/c1-11(18-13-7-9-15(21-2)10-8-13)12-3-5-14(6-4-12)19-16(17)20/h3-6,11,13,15,18H,7-10H2,1-2H3,(H3,17,19,20). The Kier molecular flexibility index (Phi) is 5.94. The first-order valence-corrected chi connectivity index (χ1v) is 8.82. The topological polar surface area (TPSA) is 67.2 Å².